The van der Waals surface area contributed by atoms with Crippen molar-refractivity contribution < 1.29 is 14.1 Å². The molecule has 0 saturated heterocycles. The van der Waals surface area contributed by atoms with Gasteiger partial charge in [0.2, 0.25) is 5.82 Å². The Morgan fingerprint density at radius 2 is 1.80 bits per heavy atom. The zero-order chi connectivity index (χ0) is 21.3. The molecule has 0 fully saturated rings. The molecule has 0 amide bonds. The van der Waals surface area contributed by atoms with Gasteiger partial charge in [-0.15, -0.1) is 0 Å². The van der Waals surface area contributed by atoms with Gasteiger partial charge in [0.15, 0.2) is 5.69 Å². The number of aromatic nitrogens is 3. The predicted octanol–water partition coefficient (Wildman–Crippen LogP) is 3.74. The van der Waals surface area contributed by atoms with Gasteiger partial charge in [-0.3, -0.25) is 0 Å². The van der Waals surface area contributed by atoms with E-state index in [1.165, 1.54) is 17.9 Å². The molecule has 0 aliphatic heterocycles. The van der Waals surface area contributed by atoms with Crippen LogP contribution in [0.2, 0.25) is 0 Å². The number of ether oxygens (including phenoxy) is 1. The lowest BCUT2D eigenvalue weighted by Gasteiger charge is -2.08. The molecule has 4 rings (SSSR count). The third kappa shape index (κ3) is 3.29. The summed E-state index contributed by atoms with van der Waals surface area (Å²) in [5, 5.41) is 13.3. The molecule has 0 aliphatic rings. The first-order valence-corrected chi connectivity index (χ1v) is 9.02. The van der Waals surface area contributed by atoms with E-state index >= 15 is 0 Å². The molecular formula is C22H17N5O3. The average Bonchev–Trinajstić information content (AvgIpc) is 3.39. The van der Waals surface area contributed by atoms with Gasteiger partial charge in [0.25, 0.3) is 5.89 Å². The molecule has 2 aromatic carbocycles. The first kappa shape index (κ1) is 19.0. The largest absolute Gasteiger partial charge is 0.464 e. The Morgan fingerprint density at radius 3 is 2.43 bits per heavy atom. The van der Waals surface area contributed by atoms with Gasteiger partial charge >= 0.3 is 5.97 Å². The van der Waals surface area contributed by atoms with Crippen molar-refractivity contribution in [3.8, 4) is 34.6 Å². The highest BCUT2D eigenvalue weighted by Gasteiger charge is 2.21. The van der Waals surface area contributed by atoms with Crippen LogP contribution in [0.4, 0.5) is 5.69 Å². The van der Waals surface area contributed by atoms with E-state index in [0.717, 1.165) is 11.1 Å². The van der Waals surface area contributed by atoms with Crippen molar-refractivity contribution in [2.24, 2.45) is 0 Å². The lowest BCUT2D eigenvalue weighted by atomic mass is 10.1. The number of nitrogen functional groups attached to an aromatic ring is 1. The van der Waals surface area contributed by atoms with Crippen molar-refractivity contribution in [2.45, 2.75) is 6.92 Å². The SMILES string of the molecule is COC(=O)c1c(N)c(C#N)cn1-c1ccc(-c2nc(-c3ccc(C)cc3)no2)cc1. The summed E-state index contributed by atoms with van der Waals surface area (Å²) in [5.74, 6) is 0.242. The molecule has 2 aromatic heterocycles. The second-order valence-electron chi connectivity index (χ2n) is 6.61. The molecule has 0 aliphatic carbocycles. The summed E-state index contributed by atoms with van der Waals surface area (Å²) in [4.78, 5) is 16.6. The third-order valence-electron chi connectivity index (χ3n) is 4.67. The van der Waals surface area contributed by atoms with E-state index in [1.54, 1.807) is 24.3 Å². The number of hydrogen-bond donors (Lipinski definition) is 1. The van der Waals surface area contributed by atoms with Crippen molar-refractivity contribution in [3.63, 3.8) is 0 Å². The summed E-state index contributed by atoms with van der Waals surface area (Å²) in [5.41, 5.74) is 9.66. The van der Waals surface area contributed by atoms with Crippen LogP contribution in [0.15, 0.2) is 59.3 Å². The molecule has 0 saturated carbocycles. The minimum absolute atomic E-state index is 0.0769. The summed E-state index contributed by atoms with van der Waals surface area (Å²) < 4.78 is 11.7. The number of aryl methyl sites for hydroxylation is 1. The molecular weight excluding hydrogens is 382 g/mol. The van der Waals surface area contributed by atoms with Gasteiger partial charge in [-0.25, -0.2) is 4.79 Å². The van der Waals surface area contributed by atoms with E-state index in [4.69, 9.17) is 15.0 Å². The number of nitriles is 1. The van der Waals surface area contributed by atoms with E-state index in [9.17, 15) is 10.1 Å². The highest BCUT2D eigenvalue weighted by molar-refractivity contribution is 5.96. The van der Waals surface area contributed by atoms with Crippen LogP contribution < -0.4 is 5.73 Å². The first-order valence-electron chi connectivity index (χ1n) is 9.02. The molecule has 2 heterocycles. The lowest BCUT2D eigenvalue weighted by molar-refractivity contribution is 0.0593. The average molecular weight is 399 g/mol. The number of hydrogen-bond acceptors (Lipinski definition) is 7. The lowest BCUT2D eigenvalue weighted by Crippen LogP contribution is -2.11. The van der Waals surface area contributed by atoms with E-state index < -0.39 is 5.97 Å². The molecule has 8 nitrogen and oxygen atoms in total. The van der Waals surface area contributed by atoms with Crippen molar-refractivity contribution in [2.75, 3.05) is 12.8 Å². The fourth-order valence-electron chi connectivity index (χ4n) is 3.04. The number of nitrogens with two attached hydrogens (primary N) is 1. The van der Waals surface area contributed by atoms with Crippen LogP contribution in [0.3, 0.4) is 0 Å². The molecule has 0 bridgehead atoms. The Morgan fingerprint density at radius 1 is 1.13 bits per heavy atom. The van der Waals surface area contributed by atoms with Crippen LogP contribution >= 0.6 is 0 Å². The van der Waals surface area contributed by atoms with Gasteiger partial charge in [-0.1, -0.05) is 35.0 Å². The van der Waals surface area contributed by atoms with Crippen molar-refractivity contribution in [1.82, 2.24) is 14.7 Å². The molecule has 2 N–H and O–H groups in total. The van der Waals surface area contributed by atoms with Crippen LogP contribution in [0.5, 0.6) is 0 Å². The number of methoxy groups -OCH3 is 1. The van der Waals surface area contributed by atoms with Crippen molar-refractivity contribution in [1.29, 1.82) is 5.26 Å². The van der Waals surface area contributed by atoms with E-state index in [-0.39, 0.29) is 16.9 Å². The molecule has 0 spiro atoms. The summed E-state index contributed by atoms with van der Waals surface area (Å²) >= 11 is 0. The molecule has 30 heavy (non-hydrogen) atoms. The van der Waals surface area contributed by atoms with Crippen LogP contribution in [0.25, 0.3) is 28.5 Å². The molecule has 4 aromatic rings. The van der Waals surface area contributed by atoms with Crippen LogP contribution in [-0.4, -0.2) is 27.8 Å². The minimum Gasteiger partial charge on any atom is -0.464 e. The zero-order valence-electron chi connectivity index (χ0n) is 16.3. The zero-order valence-corrected chi connectivity index (χ0v) is 16.3. The van der Waals surface area contributed by atoms with Gasteiger partial charge in [0, 0.05) is 23.0 Å². The Hall–Kier alpha value is -4.38. The maximum Gasteiger partial charge on any atom is 0.357 e. The van der Waals surface area contributed by atoms with Gasteiger partial charge in [-0.2, -0.15) is 10.2 Å². The van der Waals surface area contributed by atoms with Gasteiger partial charge in [0.05, 0.1) is 18.4 Å². The molecule has 148 valence electrons. The van der Waals surface area contributed by atoms with Gasteiger partial charge < -0.3 is 19.6 Å². The second kappa shape index (κ2) is 7.56. The predicted molar refractivity (Wildman–Crippen MR) is 110 cm³/mol. The van der Waals surface area contributed by atoms with E-state index in [2.05, 4.69) is 10.1 Å². The molecule has 0 radical (unpaired) electrons. The number of anilines is 1. The number of rotatable bonds is 4. The van der Waals surface area contributed by atoms with Crippen LogP contribution in [0.1, 0.15) is 21.6 Å². The van der Waals surface area contributed by atoms with E-state index in [0.29, 0.717) is 23.0 Å². The Bertz CT molecular complexity index is 1260. The minimum atomic E-state index is -0.627. The maximum atomic E-state index is 12.1. The van der Waals surface area contributed by atoms with Crippen LogP contribution in [-0.2, 0) is 4.74 Å². The Kier molecular flexibility index (Phi) is 4.78. The summed E-state index contributed by atoms with van der Waals surface area (Å²) in [6.07, 6.45) is 1.50. The summed E-state index contributed by atoms with van der Waals surface area (Å²) in [7, 11) is 1.26. The highest BCUT2D eigenvalue weighted by Crippen LogP contribution is 2.27. The number of carbonyl (C=O) groups is 1. The fourth-order valence-corrected chi connectivity index (χ4v) is 3.04. The van der Waals surface area contributed by atoms with Crippen molar-refractivity contribution in [3.05, 3.63) is 71.5 Å². The van der Waals surface area contributed by atoms with E-state index in [1.807, 2.05) is 37.3 Å². The molecule has 0 atom stereocenters. The maximum absolute atomic E-state index is 12.1. The van der Waals surface area contributed by atoms with Crippen LogP contribution in [0, 0.1) is 18.3 Å². The monoisotopic (exact) mass is 399 g/mol. The quantitative estimate of drug-likeness (QED) is 0.519. The van der Waals surface area contributed by atoms with Gasteiger partial charge in [0.1, 0.15) is 6.07 Å². The Balaban J connectivity index is 1.67. The summed E-state index contributed by atoms with van der Waals surface area (Å²) in [6.45, 7) is 2.01. The first-order chi connectivity index (χ1) is 14.5. The third-order valence-corrected chi connectivity index (χ3v) is 4.67. The number of esters is 1. The summed E-state index contributed by atoms with van der Waals surface area (Å²) in [6, 6.07) is 16.9. The van der Waals surface area contributed by atoms with Crippen molar-refractivity contribution >= 4 is 11.7 Å². The number of benzene rings is 2. The molecule has 8 heteroatoms. The number of nitrogens with zero attached hydrogens (tertiary/aromatic N) is 4. The normalized spacial score (nSPS) is 10.6. The second-order valence-corrected chi connectivity index (χ2v) is 6.61. The molecule has 0 unspecified atom stereocenters. The topological polar surface area (TPSA) is 120 Å². The smallest absolute Gasteiger partial charge is 0.357 e. The Labute approximate surface area is 172 Å². The highest BCUT2D eigenvalue weighted by atomic mass is 16.5. The van der Waals surface area contributed by atoms with Gasteiger partial charge in [-0.05, 0) is 31.2 Å². The fraction of sp³-hybridized carbons (Fsp3) is 0.0909. The number of carbonyl (C=O) groups excluding carboxylic acids is 1. The standard InChI is InChI=1S/C22H17N5O3/c1-13-3-5-14(6-4-13)20-25-21(30-26-20)15-7-9-17(10-8-15)27-12-16(11-23)18(24)19(27)22(28)29-2/h3-10,12H,24H2,1-2H3.